The second-order valence-electron chi connectivity index (χ2n) is 6.79. The highest BCUT2D eigenvalue weighted by atomic mass is 35.5. The topological polar surface area (TPSA) is 58.6 Å². The summed E-state index contributed by atoms with van der Waals surface area (Å²) < 4.78 is 5.80. The summed E-state index contributed by atoms with van der Waals surface area (Å²) in [6.07, 6.45) is -0.610. The van der Waals surface area contributed by atoms with Crippen LogP contribution in [0.1, 0.15) is 22.8 Å². The Morgan fingerprint density at radius 2 is 1.79 bits per heavy atom. The second kappa shape index (κ2) is 7.97. The SMILES string of the molecule is CC1Oc2cc(NC(=O)c3ccccc3Cl)ccc2N(Cc2ccccc2)C1=O. The first-order valence-corrected chi connectivity index (χ1v) is 9.62. The molecule has 2 amide bonds. The molecular formula is C23H19ClN2O3. The van der Waals surface area contributed by atoms with Crippen LogP contribution < -0.4 is 15.0 Å². The van der Waals surface area contributed by atoms with Gasteiger partial charge in [0.05, 0.1) is 22.8 Å². The standard InChI is InChI=1S/C23H19ClN2O3/c1-15-23(28)26(14-16-7-3-2-4-8-16)20-12-11-17(13-21(20)29-15)25-22(27)18-9-5-6-10-19(18)24/h2-13,15H,14H2,1H3,(H,25,27). The minimum absolute atomic E-state index is 0.103. The summed E-state index contributed by atoms with van der Waals surface area (Å²) in [5.74, 6) is 0.135. The van der Waals surface area contributed by atoms with Crippen molar-refractivity contribution < 1.29 is 14.3 Å². The number of rotatable bonds is 4. The van der Waals surface area contributed by atoms with E-state index in [4.69, 9.17) is 16.3 Å². The molecule has 1 heterocycles. The fraction of sp³-hybridized carbons (Fsp3) is 0.130. The molecule has 0 spiro atoms. The molecule has 0 fully saturated rings. The molecule has 3 aromatic rings. The molecular weight excluding hydrogens is 388 g/mol. The summed E-state index contributed by atoms with van der Waals surface area (Å²) in [5, 5.41) is 3.21. The zero-order chi connectivity index (χ0) is 20.4. The molecule has 1 aliphatic heterocycles. The summed E-state index contributed by atoms with van der Waals surface area (Å²) in [4.78, 5) is 26.9. The summed E-state index contributed by atoms with van der Waals surface area (Å²) >= 11 is 6.10. The zero-order valence-corrected chi connectivity index (χ0v) is 16.5. The van der Waals surface area contributed by atoms with Crippen LogP contribution in [0.2, 0.25) is 5.02 Å². The molecule has 1 atom stereocenters. The fourth-order valence-electron chi connectivity index (χ4n) is 3.26. The lowest BCUT2D eigenvalue weighted by molar-refractivity contribution is -0.125. The first kappa shape index (κ1) is 19.0. The van der Waals surface area contributed by atoms with Gasteiger partial charge in [0.25, 0.3) is 11.8 Å². The van der Waals surface area contributed by atoms with Gasteiger partial charge in [-0.25, -0.2) is 0 Å². The second-order valence-corrected chi connectivity index (χ2v) is 7.19. The molecule has 0 bridgehead atoms. The number of carbonyl (C=O) groups is 2. The Kier molecular flexibility index (Phi) is 5.23. The third-order valence-corrected chi connectivity index (χ3v) is 5.06. The number of amides is 2. The first-order valence-electron chi connectivity index (χ1n) is 9.25. The van der Waals surface area contributed by atoms with E-state index in [-0.39, 0.29) is 11.8 Å². The van der Waals surface area contributed by atoms with Crippen molar-refractivity contribution in [3.8, 4) is 5.75 Å². The number of anilines is 2. The maximum atomic E-state index is 12.7. The van der Waals surface area contributed by atoms with Gasteiger partial charge in [0.2, 0.25) is 0 Å². The molecule has 1 N–H and O–H groups in total. The van der Waals surface area contributed by atoms with Gasteiger partial charge in [-0.1, -0.05) is 54.1 Å². The van der Waals surface area contributed by atoms with E-state index in [0.717, 1.165) is 5.56 Å². The maximum absolute atomic E-state index is 12.7. The van der Waals surface area contributed by atoms with Crippen molar-refractivity contribution in [3.05, 3.63) is 88.9 Å². The first-order chi connectivity index (χ1) is 14.0. The summed E-state index contributed by atoms with van der Waals surface area (Å²) in [5.41, 5.74) is 2.65. The number of halogens is 1. The molecule has 0 saturated heterocycles. The number of nitrogens with one attached hydrogen (secondary N) is 1. The number of hydrogen-bond acceptors (Lipinski definition) is 3. The Hall–Kier alpha value is -3.31. The Balaban J connectivity index is 1.60. The lowest BCUT2D eigenvalue weighted by atomic mass is 10.1. The Labute approximate surface area is 173 Å². The van der Waals surface area contributed by atoms with E-state index in [1.54, 1.807) is 54.3 Å². The lowest BCUT2D eigenvalue weighted by Crippen LogP contribution is -2.44. The van der Waals surface area contributed by atoms with Crippen LogP contribution >= 0.6 is 11.6 Å². The van der Waals surface area contributed by atoms with Crippen molar-refractivity contribution in [1.82, 2.24) is 0 Å². The number of hydrogen-bond donors (Lipinski definition) is 1. The third-order valence-electron chi connectivity index (χ3n) is 4.73. The molecule has 146 valence electrons. The van der Waals surface area contributed by atoms with Crippen LogP contribution in [-0.2, 0) is 11.3 Å². The number of benzene rings is 3. The number of carbonyl (C=O) groups excluding carboxylic acids is 2. The third kappa shape index (κ3) is 3.96. The van der Waals surface area contributed by atoms with Crippen molar-refractivity contribution in [3.63, 3.8) is 0 Å². The van der Waals surface area contributed by atoms with Gasteiger partial charge < -0.3 is 15.0 Å². The summed E-state index contributed by atoms with van der Waals surface area (Å²) in [6, 6.07) is 21.9. The van der Waals surface area contributed by atoms with E-state index in [0.29, 0.717) is 34.3 Å². The van der Waals surface area contributed by atoms with Crippen molar-refractivity contribution in [2.75, 3.05) is 10.2 Å². The van der Waals surface area contributed by atoms with Gasteiger partial charge in [-0.05, 0) is 36.8 Å². The molecule has 29 heavy (non-hydrogen) atoms. The predicted molar refractivity (Wildman–Crippen MR) is 114 cm³/mol. The van der Waals surface area contributed by atoms with Crippen LogP contribution in [0, 0.1) is 0 Å². The van der Waals surface area contributed by atoms with Gasteiger partial charge in [0, 0.05) is 11.8 Å². The van der Waals surface area contributed by atoms with Gasteiger partial charge in [-0.2, -0.15) is 0 Å². The quantitative estimate of drug-likeness (QED) is 0.670. The summed E-state index contributed by atoms with van der Waals surface area (Å²) in [7, 11) is 0. The van der Waals surface area contributed by atoms with Gasteiger partial charge in [0.15, 0.2) is 6.10 Å². The number of fused-ring (bicyclic) bond motifs is 1. The van der Waals surface area contributed by atoms with E-state index in [2.05, 4.69) is 5.32 Å². The molecule has 4 rings (SSSR count). The van der Waals surface area contributed by atoms with Crippen molar-refractivity contribution in [2.45, 2.75) is 19.6 Å². The molecule has 6 heteroatoms. The Morgan fingerprint density at radius 3 is 2.55 bits per heavy atom. The van der Waals surface area contributed by atoms with E-state index < -0.39 is 6.10 Å². The van der Waals surface area contributed by atoms with Gasteiger partial charge in [-0.15, -0.1) is 0 Å². The van der Waals surface area contributed by atoms with Crippen molar-refractivity contribution >= 4 is 34.8 Å². The van der Waals surface area contributed by atoms with Crippen LogP contribution in [0.25, 0.3) is 0 Å². The molecule has 0 saturated carbocycles. The maximum Gasteiger partial charge on any atom is 0.268 e. The van der Waals surface area contributed by atoms with Crippen LogP contribution in [0.15, 0.2) is 72.8 Å². The highest BCUT2D eigenvalue weighted by molar-refractivity contribution is 6.34. The van der Waals surface area contributed by atoms with Crippen LogP contribution in [0.4, 0.5) is 11.4 Å². The average Bonchev–Trinajstić information content (AvgIpc) is 2.72. The van der Waals surface area contributed by atoms with Crippen LogP contribution in [-0.4, -0.2) is 17.9 Å². The van der Waals surface area contributed by atoms with Crippen molar-refractivity contribution in [2.24, 2.45) is 0 Å². The summed E-state index contributed by atoms with van der Waals surface area (Å²) in [6.45, 7) is 2.17. The average molecular weight is 407 g/mol. The van der Waals surface area contributed by atoms with E-state index in [1.165, 1.54) is 0 Å². The van der Waals surface area contributed by atoms with E-state index in [9.17, 15) is 9.59 Å². The number of ether oxygens (including phenoxy) is 1. The van der Waals surface area contributed by atoms with Crippen LogP contribution in [0.3, 0.4) is 0 Å². The number of nitrogens with zero attached hydrogens (tertiary/aromatic N) is 1. The highest BCUT2D eigenvalue weighted by Crippen LogP contribution is 2.37. The van der Waals surface area contributed by atoms with Gasteiger partial charge in [0.1, 0.15) is 5.75 Å². The molecule has 1 aliphatic rings. The fourth-order valence-corrected chi connectivity index (χ4v) is 3.48. The largest absolute Gasteiger partial charge is 0.479 e. The minimum atomic E-state index is -0.610. The van der Waals surface area contributed by atoms with Crippen LogP contribution in [0.5, 0.6) is 5.75 Å². The molecule has 0 aromatic heterocycles. The molecule has 0 radical (unpaired) electrons. The Bertz CT molecular complexity index is 1070. The molecule has 5 nitrogen and oxygen atoms in total. The zero-order valence-electron chi connectivity index (χ0n) is 15.8. The highest BCUT2D eigenvalue weighted by Gasteiger charge is 2.31. The van der Waals surface area contributed by atoms with E-state index >= 15 is 0 Å². The predicted octanol–water partition coefficient (Wildman–Crippen LogP) is 4.91. The molecule has 0 aliphatic carbocycles. The Morgan fingerprint density at radius 1 is 1.07 bits per heavy atom. The van der Waals surface area contributed by atoms with Crippen molar-refractivity contribution in [1.29, 1.82) is 0 Å². The van der Waals surface area contributed by atoms with Gasteiger partial charge in [-0.3, -0.25) is 9.59 Å². The van der Waals surface area contributed by atoms with Gasteiger partial charge >= 0.3 is 0 Å². The van der Waals surface area contributed by atoms with E-state index in [1.807, 2.05) is 30.3 Å². The monoisotopic (exact) mass is 406 g/mol. The molecule has 1 unspecified atom stereocenters. The smallest absolute Gasteiger partial charge is 0.268 e. The minimum Gasteiger partial charge on any atom is -0.479 e. The molecule has 3 aromatic carbocycles. The lowest BCUT2D eigenvalue weighted by Gasteiger charge is -2.33. The normalized spacial score (nSPS) is 15.4.